The lowest BCUT2D eigenvalue weighted by molar-refractivity contribution is -0.137. The van der Waals surface area contributed by atoms with Crippen LogP contribution >= 0.6 is 0 Å². The summed E-state index contributed by atoms with van der Waals surface area (Å²) < 4.78 is 0. The van der Waals surface area contributed by atoms with Gasteiger partial charge < -0.3 is 21.5 Å². The second-order valence-electron chi connectivity index (χ2n) is 5.62. The fourth-order valence-corrected chi connectivity index (χ4v) is 2.22. The van der Waals surface area contributed by atoms with E-state index < -0.39 is 18.4 Å². The summed E-state index contributed by atoms with van der Waals surface area (Å²) in [6.45, 7) is -0.707. The van der Waals surface area contributed by atoms with E-state index in [4.69, 9.17) is 10.8 Å². The molecule has 0 atom stereocenters. The molecule has 1 aromatic rings. The number of carbonyl (C=O) groups excluding carboxylic acids is 2. The van der Waals surface area contributed by atoms with Gasteiger partial charge in [0.1, 0.15) is 6.54 Å². The van der Waals surface area contributed by atoms with Gasteiger partial charge in [0.05, 0.1) is 6.54 Å². The summed E-state index contributed by atoms with van der Waals surface area (Å²) in [6, 6.07) is 8.96. The predicted molar refractivity (Wildman–Crippen MR) is 90.5 cm³/mol. The summed E-state index contributed by atoms with van der Waals surface area (Å²) in [5.74, 6) is -2.06. The summed E-state index contributed by atoms with van der Waals surface area (Å²) >= 11 is 0. The molecule has 7 nitrogen and oxygen atoms in total. The molecule has 2 amide bonds. The van der Waals surface area contributed by atoms with Gasteiger partial charge in [-0.3, -0.25) is 14.4 Å². The van der Waals surface area contributed by atoms with Crippen LogP contribution in [-0.4, -0.2) is 42.0 Å². The molecular weight excluding hydrogens is 310 g/mol. The number of aliphatic carboxylic acids is 1. The predicted octanol–water partition coefficient (Wildman–Crippen LogP) is 0.895. The fraction of sp³-hybridized carbons (Fsp3) is 0.471. The average molecular weight is 335 g/mol. The SMILES string of the molecule is NC1CCCCC1.O=C(O)CNC(=O)CNC(=O)c1ccccc1. The minimum Gasteiger partial charge on any atom is -0.480 e. The minimum atomic E-state index is -1.13. The van der Waals surface area contributed by atoms with Crippen LogP contribution in [0.15, 0.2) is 30.3 Å². The molecule has 0 saturated heterocycles. The number of hydrogen-bond acceptors (Lipinski definition) is 4. The highest BCUT2D eigenvalue weighted by molar-refractivity contribution is 5.96. The lowest BCUT2D eigenvalue weighted by Gasteiger charge is -2.15. The quantitative estimate of drug-likeness (QED) is 0.637. The molecule has 1 aliphatic carbocycles. The normalized spacial score (nSPS) is 14.0. The first-order chi connectivity index (χ1) is 11.5. The van der Waals surface area contributed by atoms with Crippen LogP contribution in [0.2, 0.25) is 0 Å². The molecule has 1 aliphatic rings. The summed E-state index contributed by atoms with van der Waals surface area (Å²) in [4.78, 5) is 32.7. The van der Waals surface area contributed by atoms with Crippen molar-refractivity contribution in [3.63, 3.8) is 0 Å². The van der Waals surface area contributed by atoms with E-state index >= 15 is 0 Å². The van der Waals surface area contributed by atoms with Crippen molar-refractivity contribution in [1.82, 2.24) is 10.6 Å². The summed E-state index contributed by atoms with van der Waals surface area (Å²) in [5, 5.41) is 12.8. The van der Waals surface area contributed by atoms with E-state index in [1.807, 2.05) is 0 Å². The van der Waals surface area contributed by atoms with Gasteiger partial charge in [-0.1, -0.05) is 37.5 Å². The molecule has 1 saturated carbocycles. The third-order valence-corrected chi connectivity index (χ3v) is 3.53. The highest BCUT2D eigenvalue weighted by atomic mass is 16.4. The Bertz CT molecular complexity index is 528. The zero-order valence-corrected chi connectivity index (χ0v) is 13.7. The highest BCUT2D eigenvalue weighted by Gasteiger charge is 2.08. The van der Waals surface area contributed by atoms with Crippen molar-refractivity contribution in [1.29, 1.82) is 0 Å². The number of nitrogens with one attached hydrogen (secondary N) is 2. The van der Waals surface area contributed by atoms with E-state index in [9.17, 15) is 14.4 Å². The van der Waals surface area contributed by atoms with Crippen LogP contribution in [0.3, 0.4) is 0 Å². The fourth-order valence-electron chi connectivity index (χ4n) is 2.22. The molecule has 0 radical (unpaired) electrons. The first-order valence-electron chi connectivity index (χ1n) is 8.06. The maximum absolute atomic E-state index is 11.5. The minimum absolute atomic E-state index is 0.249. The number of nitrogens with two attached hydrogens (primary N) is 1. The van der Waals surface area contributed by atoms with Gasteiger partial charge in [0.15, 0.2) is 0 Å². The molecule has 0 spiro atoms. The molecule has 1 fully saturated rings. The lowest BCUT2D eigenvalue weighted by atomic mass is 9.97. The molecule has 5 N–H and O–H groups in total. The van der Waals surface area contributed by atoms with Crippen molar-refractivity contribution in [2.45, 2.75) is 38.1 Å². The number of carboxylic acids is 1. The van der Waals surface area contributed by atoms with Crippen molar-refractivity contribution >= 4 is 17.8 Å². The molecule has 0 bridgehead atoms. The third kappa shape index (κ3) is 8.89. The van der Waals surface area contributed by atoms with Crippen molar-refractivity contribution in [3.05, 3.63) is 35.9 Å². The van der Waals surface area contributed by atoms with Crippen LogP contribution in [0.1, 0.15) is 42.5 Å². The Morgan fingerprint density at radius 1 is 1.00 bits per heavy atom. The van der Waals surface area contributed by atoms with E-state index in [2.05, 4.69) is 10.6 Å². The van der Waals surface area contributed by atoms with Gasteiger partial charge in [-0.05, 0) is 25.0 Å². The third-order valence-electron chi connectivity index (χ3n) is 3.53. The highest BCUT2D eigenvalue weighted by Crippen LogP contribution is 2.14. The first-order valence-corrected chi connectivity index (χ1v) is 8.06. The molecule has 132 valence electrons. The van der Waals surface area contributed by atoms with Crippen molar-refractivity contribution < 1.29 is 19.5 Å². The number of carboxylic acid groups (broad SMARTS) is 1. The zero-order valence-electron chi connectivity index (χ0n) is 13.7. The summed E-state index contributed by atoms with van der Waals surface area (Å²) in [6.07, 6.45) is 6.66. The maximum Gasteiger partial charge on any atom is 0.322 e. The first kappa shape index (κ1) is 19.6. The Labute approximate surface area is 141 Å². The topological polar surface area (TPSA) is 122 Å². The van der Waals surface area contributed by atoms with Crippen LogP contribution < -0.4 is 16.4 Å². The molecule has 0 aromatic heterocycles. The van der Waals surface area contributed by atoms with Gasteiger partial charge in [0.25, 0.3) is 5.91 Å². The molecule has 2 rings (SSSR count). The molecular formula is C17H25N3O4. The second-order valence-corrected chi connectivity index (χ2v) is 5.62. The lowest BCUT2D eigenvalue weighted by Crippen LogP contribution is -2.38. The van der Waals surface area contributed by atoms with Crippen LogP contribution in [0, 0.1) is 0 Å². The van der Waals surface area contributed by atoms with Crippen LogP contribution in [0.5, 0.6) is 0 Å². The van der Waals surface area contributed by atoms with Crippen LogP contribution in [-0.2, 0) is 9.59 Å². The number of benzene rings is 1. The van der Waals surface area contributed by atoms with Gasteiger partial charge >= 0.3 is 5.97 Å². The van der Waals surface area contributed by atoms with E-state index in [1.165, 1.54) is 32.1 Å². The van der Waals surface area contributed by atoms with E-state index in [-0.39, 0.29) is 12.5 Å². The molecule has 0 heterocycles. The van der Waals surface area contributed by atoms with Gasteiger partial charge in [-0.25, -0.2) is 0 Å². The Morgan fingerprint density at radius 2 is 1.62 bits per heavy atom. The maximum atomic E-state index is 11.5. The van der Waals surface area contributed by atoms with Crippen molar-refractivity contribution in [2.75, 3.05) is 13.1 Å². The monoisotopic (exact) mass is 335 g/mol. The summed E-state index contributed by atoms with van der Waals surface area (Å²) in [7, 11) is 0. The van der Waals surface area contributed by atoms with Crippen molar-refractivity contribution in [2.24, 2.45) is 5.73 Å². The van der Waals surface area contributed by atoms with Gasteiger partial charge in [-0.2, -0.15) is 0 Å². The Morgan fingerprint density at radius 3 is 2.12 bits per heavy atom. The number of amides is 2. The number of hydrogen-bond donors (Lipinski definition) is 4. The smallest absolute Gasteiger partial charge is 0.322 e. The van der Waals surface area contributed by atoms with E-state index in [0.29, 0.717) is 11.6 Å². The van der Waals surface area contributed by atoms with Gasteiger partial charge in [0, 0.05) is 11.6 Å². The van der Waals surface area contributed by atoms with Gasteiger partial charge in [-0.15, -0.1) is 0 Å². The van der Waals surface area contributed by atoms with Crippen molar-refractivity contribution in [3.8, 4) is 0 Å². The Kier molecular flexibility index (Phi) is 9.14. The number of rotatable bonds is 5. The molecule has 7 heteroatoms. The molecule has 0 unspecified atom stereocenters. The standard InChI is InChI=1S/C11H12N2O4.C6H13N/c14-9(12-7-10(15)16)6-13-11(17)8-4-2-1-3-5-8;7-6-4-2-1-3-5-6/h1-5H,6-7H2,(H,12,14)(H,13,17)(H,15,16);6H,1-5,7H2. The van der Waals surface area contributed by atoms with E-state index in [1.54, 1.807) is 30.3 Å². The Hall–Kier alpha value is -2.41. The summed E-state index contributed by atoms with van der Waals surface area (Å²) in [5.41, 5.74) is 6.08. The second kappa shape index (κ2) is 11.2. The zero-order chi connectivity index (χ0) is 17.8. The largest absolute Gasteiger partial charge is 0.480 e. The molecule has 24 heavy (non-hydrogen) atoms. The van der Waals surface area contributed by atoms with Crippen LogP contribution in [0.25, 0.3) is 0 Å². The van der Waals surface area contributed by atoms with Crippen LogP contribution in [0.4, 0.5) is 0 Å². The molecule has 0 aliphatic heterocycles. The average Bonchev–Trinajstić information content (AvgIpc) is 2.60. The van der Waals surface area contributed by atoms with E-state index in [0.717, 1.165) is 0 Å². The Balaban J connectivity index is 0.000000341. The molecule has 1 aromatic carbocycles. The number of carbonyl (C=O) groups is 3. The van der Waals surface area contributed by atoms with Gasteiger partial charge in [0.2, 0.25) is 5.91 Å².